The summed E-state index contributed by atoms with van der Waals surface area (Å²) >= 11 is 0. The summed E-state index contributed by atoms with van der Waals surface area (Å²) in [5.74, 6) is 0.147. The number of hydrogen-bond donors (Lipinski definition) is 0. The molecule has 0 aliphatic rings. The van der Waals surface area contributed by atoms with Crippen LogP contribution in [0.15, 0.2) is 0 Å². The third kappa shape index (κ3) is 3.52. The Morgan fingerprint density at radius 3 is 2.33 bits per heavy atom. The van der Waals surface area contributed by atoms with Gasteiger partial charge in [-0.25, -0.2) is 0 Å². The van der Waals surface area contributed by atoms with E-state index in [1.54, 1.807) is 0 Å². The van der Waals surface area contributed by atoms with Gasteiger partial charge in [0.05, 0.1) is 6.07 Å². The van der Waals surface area contributed by atoms with Crippen LogP contribution < -0.4 is 0 Å². The first-order valence-corrected chi connectivity index (χ1v) is 4.57. The van der Waals surface area contributed by atoms with Gasteiger partial charge < -0.3 is 0 Å². The Balaban J connectivity index is 3.95. The van der Waals surface area contributed by atoms with Gasteiger partial charge in [-0.15, -0.1) is 0 Å². The third-order valence-corrected chi connectivity index (χ3v) is 2.20. The van der Waals surface area contributed by atoms with E-state index in [1.807, 2.05) is 19.9 Å². The van der Waals surface area contributed by atoms with Gasteiger partial charge >= 0.3 is 0 Å². The van der Waals surface area contributed by atoms with Gasteiger partial charge in [-0.05, 0) is 12.3 Å². The van der Waals surface area contributed by atoms with Crippen LogP contribution in [0.3, 0.4) is 0 Å². The summed E-state index contributed by atoms with van der Waals surface area (Å²) in [6.07, 6.45) is 2.21. The average molecular weight is 167 g/mol. The van der Waals surface area contributed by atoms with Crippen LogP contribution in [-0.2, 0) is 4.79 Å². The maximum absolute atomic E-state index is 11.4. The fourth-order valence-corrected chi connectivity index (χ4v) is 1.02. The van der Waals surface area contributed by atoms with Gasteiger partial charge in [0.2, 0.25) is 0 Å². The number of rotatable bonds is 5. The third-order valence-electron chi connectivity index (χ3n) is 2.20. The Morgan fingerprint density at radius 1 is 1.42 bits per heavy atom. The quantitative estimate of drug-likeness (QED) is 0.631. The SMILES string of the molecule is CCC(C)CC(=O)C(C#N)CC. The fourth-order valence-electron chi connectivity index (χ4n) is 1.02. The van der Waals surface area contributed by atoms with Crippen molar-refractivity contribution in [2.45, 2.75) is 40.0 Å². The second kappa shape index (κ2) is 5.77. The van der Waals surface area contributed by atoms with Crippen LogP contribution >= 0.6 is 0 Å². The van der Waals surface area contributed by atoms with E-state index < -0.39 is 0 Å². The van der Waals surface area contributed by atoms with Crippen molar-refractivity contribution in [2.24, 2.45) is 11.8 Å². The van der Waals surface area contributed by atoms with Gasteiger partial charge in [0.25, 0.3) is 0 Å². The van der Waals surface area contributed by atoms with E-state index in [-0.39, 0.29) is 11.7 Å². The molecular formula is C10H17NO. The van der Waals surface area contributed by atoms with E-state index in [9.17, 15) is 4.79 Å². The Morgan fingerprint density at radius 2 is 2.00 bits per heavy atom. The Hall–Kier alpha value is -0.840. The highest BCUT2D eigenvalue weighted by molar-refractivity contribution is 5.83. The number of carbonyl (C=O) groups excluding carboxylic acids is 1. The van der Waals surface area contributed by atoms with Crippen molar-refractivity contribution in [3.63, 3.8) is 0 Å². The molecule has 0 radical (unpaired) electrons. The fraction of sp³-hybridized carbons (Fsp3) is 0.800. The maximum Gasteiger partial charge on any atom is 0.150 e. The van der Waals surface area contributed by atoms with E-state index in [0.717, 1.165) is 6.42 Å². The van der Waals surface area contributed by atoms with Crippen molar-refractivity contribution < 1.29 is 4.79 Å². The molecule has 12 heavy (non-hydrogen) atoms. The van der Waals surface area contributed by atoms with Crippen molar-refractivity contribution in [2.75, 3.05) is 0 Å². The Labute approximate surface area is 74.6 Å². The van der Waals surface area contributed by atoms with Crippen LogP contribution in [-0.4, -0.2) is 5.78 Å². The van der Waals surface area contributed by atoms with E-state index in [0.29, 0.717) is 18.8 Å². The minimum atomic E-state index is -0.376. The summed E-state index contributed by atoms with van der Waals surface area (Å²) in [4.78, 5) is 11.4. The molecule has 2 nitrogen and oxygen atoms in total. The Bertz CT molecular complexity index is 181. The number of hydrogen-bond acceptors (Lipinski definition) is 2. The van der Waals surface area contributed by atoms with E-state index in [2.05, 4.69) is 6.92 Å². The predicted molar refractivity (Wildman–Crippen MR) is 48.5 cm³/mol. The van der Waals surface area contributed by atoms with Crippen molar-refractivity contribution in [1.29, 1.82) is 5.26 Å². The molecule has 0 amide bonds. The highest BCUT2D eigenvalue weighted by Crippen LogP contribution is 2.13. The molecule has 0 bridgehead atoms. The lowest BCUT2D eigenvalue weighted by Gasteiger charge is -2.09. The van der Waals surface area contributed by atoms with E-state index in [1.165, 1.54) is 0 Å². The largest absolute Gasteiger partial charge is 0.298 e. The highest BCUT2D eigenvalue weighted by atomic mass is 16.1. The zero-order valence-corrected chi connectivity index (χ0v) is 8.13. The summed E-state index contributed by atoms with van der Waals surface area (Å²) in [5.41, 5.74) is 0. The highest BCUT2D eigenvalue weighted by Gasteiger charge is 2.16. The van der Waals surface area contributed by atoms with E-state index in [4.69, 9.17) is 5.26 Å². The molecule has 0 fully saturated rings. The lowest BCUT2D eigenvalue weighted by molar-refractivity contribution is -0.122. The normalized spacial score (nSPS) is 14.8. The van der Waals surface area contributed by atoms with Gasteiger partial charge in [-0.2, -0.15) is 5.26 Å². The first-order chi connectivity index (χ1) is 5.65. The number of carbonyl (C=O) groups is 1. The number of nitriles is 1. The molecule has 0 aromatic carbocycles. The molecule has 0 heterocycles. The van der Waals surface area contributed by atoms with Gasteiger partial charge in [0.15, 0.2) is 0 Å². The predicted octanol–water partition coefficient (Wildman–Crippen LogP) is 2.54. The molecule has 0 aromatic heterocycles. The van der Waals surface area contributed by atoms with Gasteiger partial charge in [-0.3, -0.25) is 4.79 Å². The molecule has 0 aliphatic carbocycles. The van der Waals surface area contributed by atoms with Gasteiger partial charge in [0, 0.05) is 6.42 Å². The molecule has 0 rings (SSSR count). The van der Waals surface area contributed by atoms with Crippen LogP contribution in [0.25, 0.3) is 0 Å². The van der Waals surface area contributed by atoms with Crippen LogP contribution in [0, 0.1) is 23.2 Å². The molecule has 2 unspecified atom stereocenters. The number of ketones is 1. The minimum absolute atomic E-state index is 0.106. The van der Waals surface area contributed by atoms with Crippen molar-refractivity contribution in [3.8, 4) is 6.07 Å². The first-order valence-electron chi connectivity index (χ1n) is 4.57. The molecular weight excluding hydrogens is 150 g/mol. The maximum atomic E-state index is 11.4. The van der Waals surface area contributed by atoms with Crippen LogP contribution in [0.2, 0.25) is 0 Å². The summed E-state index contributed by atoms with van der Waals surface area (Å²) in [7, 11) is 0. The molecule has 0 aromatic rings. The smallest absolute Gasteiger partial charge is 0.150 e. The van der Waals surface area contributed by atoms with E-state index >= 15 is 0 Å². The lowest BCUT2D eigenvalue weighted by Crippen LogP contribution is -2.14. The molecule has 0 saturated heterocycles. The molecule has 2 atom stereocenters. The molecule has 0 aliphatic heterocycles. The zero-order valence-electron chi connectivity index (χ0n) is 8.13. The second-order valence-corrected chi connectivity index (χ2v) is 3.27. The summed E-state index contributed by atoms with van der Waals surface area (Å²) < 4.78 is 0. The standard InChI is InChI=1S/C10H17NO/c1-4-8(3)6-10(12)9(5-2)7-11/h8-9H,4-6H2,1-3H3. The topological polar surface area (TPSA) is 40.9 Å². The first kappa shape index (κ1) is 11.2. The number of Topliss-reactive ketones (excluding diaryl/α,β-unsaturated/α-hetero) is 1. The molecule has 0 saturated carbocycles. The lowest BCUT2D eigenvalue weighted by atomic mass is 9.93. The monoisotopic (exact) mass is 167 g/mol. The second-order valence-electron chi connectivity index (χ2n) is 3.27. The van der Waals surface area contributed by atoms with Crippen molar-refractivity contribution in [1.82, 2.24) is 0 Å². The van der Waals surface area contributed by atoms with Gasteiger partial charge in [-0.1, -0.05) is 27.2 Å². The molecule has 68 valence electrons. The van der Waals surface area contributed by atoms with Gasteiger partial charge in [0.1, 0.15) is 11.7 Å². The molecule has 0 spiro atoms. The minimum Gasteiger partial charge on any atom is -0.298 e. The summed E-state index contributed by atoms with van der Waals surface area (Å²) in [6, 6.07) is 2.03. The summed E-state index contributed by atoms with van der Waals surface area (Å²) in [5, 5.41) is 8.61. The summed E-state index contributed by atoms with van der Waals surface area (Å²) in [6.45, 7) is 5.98. The molecule has 0 N–H and O–H groups in total. The van der Waals surface area contributed by atoms with Crippen molar-refractivity contribution in [3.05, 3.63) is 0 Å². The van der Waals surface area contributed by atoms with Crippen LogP contribution in [0.1, 0.15) is 40.0 Å². The number of nitrogens with zero attached hydrogens (tertiary/aromatic N) is 1. The van der Waals surface area contributed by atoms with Crippen LogP contribution in [0.4, 0.5) is 0 Å². The zero-order chi connectivity index (χ0) is 9.56. The molecule has 2 heteroatoms. The Kier molecular flexibility index (Phi) is 5.36. The van der Waals surface area contributed by atoms with Crippen molar-refractivity contribution >= 4 is 5.78 Å². The van der Waals surface area contributed by atoms with Crippen LogP contribution in [0.5, 0.6) is 0 Å². The average Bonchev–Trinajstić information content (AvgIpc) is 2.06.